The van der Waals surface area contributed by atoms with Gasteiger partial charge in [-0.05, 0) is 50.1 Å². The third kappa shape index (κ3) is 3.47. The van der Waals surface area contributed by atoms with Crippen LogP contribution in [0.5, 0.6) is 5.75 Å². The van der Waals surface area contributed by atoms with E-state index in [0.717, 1.165) is 16.8 Å². The van der Waals surface area contributed by atoms with Crippen molar-refractivity contribution in [2.45, 2.75) is 26.9 Å². The number of hydrogen-bond acceptors (Lipinski definition) is 5. The number of fused-ring (bicyclic) bond motifs is 1. The molecule has 0 bridgehead atoms. The van der Waals surface area contributed by atoms with Crippen LogP contribution in [0.3, 0.4) is 0 Å². The molecule has 1 aliphatic heterocycles. The smallest absolute Gasteiger partial charge is 0.357 e. The number of nitrogens with one attached hydrogen (secondary N) is 3. The van der Waals surface area contributed by atoms with Crippen molar-refractivity contribution < 1.29 is 9.73 Å². The van der Waals surface area contributed by atoms with Crippen molar-refractivity contribution >= 4 is 17.6 Å². The van der Waals surface area contributed by atoms with Crippen molar-refractivity contribution in [3.05, 3.63) is 81.3 Å². The van der Waals surface area contributed by atoms with Crippen LogP contribution < -0.4 is 25.9 Å². The van der Waals surface area contributed by atoms with Crippen LogP contribution in [0.15, 0.2) is 53.3 Å². The molecule has 0 amide bonds. The summed E-state index contributed by atoms with van der Waals surface area (Å²) in [5, 5.41) is 6.62. The number of nitrogens with zero attached hydrogens (tertiary/aromatic N) is 2. The normalized spacial score (nSPS) is 15.2. The lowest BCUT2D eigenvalue weighted by atomic mass is 10.1. The van der Waals surface area contributed by atoms with E-state index >= 15 is 0 Å². The minimum absolute atomic E-state index is 0.144. The lowest BCUT2D eigenvalue weighted by Crippen LogP contribution is -2.82. The molecule has 0 unspecified atom stereocenters. The summed E-state index contributed by atoms with van der Waals surface area (Å²) in [7, 11) is 1.62. The van der Waals surface area contributed by atoms with Gasteiger partial charge in [-0.25, -0.2) is 20.2 Å². The van der Waals surface area contributed by atoms with Gasteiger partial charge in [-0.2, -0.15) is 0 Å². The summed E-state index contributed by atoms with van der Waals surface area (Å²) in [4.78, 5) is 20.7. The van der Waals surface area contributed by atoms with Gasteiger partial charge in [0.15, 0.2) is 6.17 Å². The van der Waals surface area contributed by atoms with E-state index in [9.17, 15) is 4.79 Å². The highest BCUT2D eigenvalue weighted by molar-refractivity contribution is 5.99. The van der Waals surface area contributed by atoms with E-state index in [1.54, 1.807) is 11.7 Å². The molecule has 0 aliphatic carbocycles. The number of aryl methyl sites for hydroxylation is 2. The molecule has 29 heavy (non-hydrogen) atoms. The number of guanidine groups is 1. The number of benzene rings is 2. The fourth-order valence-electron chi connectivity index (χ4n) is 3.49. The van der Waals surface area contributed by atoms with E-state index in [1.165, 1.54) is 11.6 Å². The van der Waals surface area contributed by atoms with Gasteiger partial charge >= 0.3 is 5.96 Å². The van der Waals surface area contributed by atoms with Gasteiger partial charge < -0.3 is 4.74 Å². The number of para-hydroxylation sites is 1. The van der Waals surface area contributed by atoms with Gasteiger partial charge in [-0.15, -0.1) is 0 Å². The van der Waals surface area contributed by atoms with Crippen LogP contribution >= 0.6 is 0 Å². The predicted molar refractivity (Wildman–Crippen MR) is 113 cm³/mol. The van der Waals surface area contributed by atoms with Gasteiger partial charge in [0.2, 0.25) is 0 Å². The highest BCUT2D eigenvalue weighted by atomic mass is 16.5. The van der Waals surface area contributed by atoms with Gasteiger partial charge in [-0.1, -0.05) is 24.3 Å². The van der Waals surface area contributed by atoms with Crippen LogP contribution in [0, 0.1) is 20.8 Å². The maximum Gasteiger partial charge on any atom is 0.357 e. The molecule has 3 aromatic rings. The Balaban J connectivity index is 1.85. The maximum atomic E-state index is 12.8. The van der Waals surface area contributed by atoms with Crippen LogP contribution in [0.25, 0.3) is 0 Å². The van der Waals surface area contributed by atoms with Gasteiger partial charge in [-0.3, -0.25) is 9.79 Å². The maximum absolute atomic E-state index is 12.8. The zero-order valence-electron chi connectivity index (χ0n) is 16.9. The molecule has 0 radical (unpaired) electrons. The standard InChI is InChI=1S/C22H23N5O2/c1-13-8-7-10-17(15(13)3)24-21-25-20(16-9-5-6-11-18(16)29-4)27-19(28)12-14(2)23-22(27)26-21/h5-12,20H,1-4H3,(H2,23,24,25,26)/p+1/t20-/m1/s1. The molecule has 2 aromatic carbocycles. The van der Waals surface area contributed by atoms with E-state index < -0.39 is 6.17 Å². The van der Waals surface area contributed by atoms with E-state index in [-0.39, 0.29) is 5.56 Å². The van der Waals surface area contributed by atoms with E-state index in [2.05, 4.69) is 40.5 Å². The molecular formula is C22H24N5O2+. The Hall–Kier alpha value is -3.61. The quantitative estimate of drug-likeness (QED) is 0.634. The molecule has 0 saturated carbocycles. The zero-order chi connectivity index (χ0) is 20.5. The first-order valence-corrected chi connectivity index (χ1v) is 9.45. The second kappa shape index (κ2) is 7.43. The van der Waals surface area contributed by atoms with Crippen molar-refractivity contribution in [3.8, 4) is 5.75 Å². The third-order valence-corrected chi connectivity index (χ3v) is 5.15. The minimum atomic E-state index is -0.476. The Kier molecular flexibility index (Phi) is 4.80. The molecule has 1 aliphatic rings. The van der Waals surface area contributed by atoms with Crippen molar-refractivity contribution in [2.24, 2.45) is 0 Å². The molecule has 3 N–H and O–H groups in total. The highest BCUT2D eigenvalue weighted by Gasteiger charge is 2.31. The summed E-state index contributed by atoms with van der Waals surface area (Å²) < 4.78 is 7.14. The van der Waals surface area contributed by atoms with Crippen LogP contribution in [0.1, 0.15) is 28.6 Å². The molecule has 148 valence electrons. The Morgan fingerprint density at radius 3 is 2.72 bits per heavy atom. The van der Waals surface area contributed by atoms with Gasteiger partial charge in [0, 0.05) is 11.8 Å². The Morgan fingerprint density at radius 2 is 1.93 bits per heavy atom. The SMILES string of the molecule is COc1ccccc1[C@@H]1[NH+]=C(Nc2cccc(C)c2C)Nc2nc(C)cc(=O)n21. The Labute approximate surface area is 169 Å². The van der Waals surface area contributed by atoms with E-state index in [1.807, 2.05) is 43.3 Å². The monoisotopic (exact) mass is 390 g/mol. The number of hydrogen-bond donors (Lipinski definition) is 3. The van der Waals surface area contributed by atoms with E-state index in [0.29, 0.717) is 23.4 Å². The number of aromatic nitrogens is 2. The average molecular weight is 390 g/mol. The number of anilines is 2. The summed E-state index contributed by atoms with van der Waals surface area (Å²) in [6.45, 7) is 5.95. The van der Waals surface area contributed by atoms with Crippen molar-refractivity contribution in [3.63, 3.8) is 0 Å². The van der Waals surface area contributed by atoms with Crippen LogP contribution in [0.4, 0.5) is 11.6 Å². The van der Waals surface area contributed by atoms with Gasteiger partial charge in [0.05, 0.1) is 12.7 Å². The Bertz CT molecular complexity index is 1170. The second-order valence-corrected chi connectivity index (χ2v) is 7.09. The number of methoxy groups -OCH3 is 1. The highest BCUT2D eigenvalue weighted by Crippen LogP contribution is 2.25. The average Bonchev–Trinajstić information content (AvgIpc) is 2.70. The Morgan fingerprint density at radius 1 is 1.14 bits per heavy atom. The van der Waals surface area contributed by atoms with Crippen LogP contribution in [-0.2, 0) is 0 Å². The van der Waals surface area contributed by atoms with Crippen molar-refractivity contribution in [1.82, 2.24) is 9.55 Å². The van der Waals surface area contributed by atoms with E-state index in [4.69, 9.17) is 4.74 Å². The number of rotatable bonds is 3. The zero-order valence-corrected chi connectivity index (χ0v) is 16.9. The molecule has 7 nitrogen and oxygen atoms in total. The topological polar surface area (TPSA) is 82.2 Å². The summed E-state index contributed by atoms with van der Waals surface area (Å²) in [5.74, 6) is 1.81. The molecule has 2 heterocycles. The molecular weight excluding hydrogens is 366 g/mol. The summed E-state index contributed by atoms with van der Waals surface area (Å²) in [6, 6.07) is 15.3. The van der Waals surface area contributed by atoms with Crippen molar-refractivity contribution in [2.75, 3.05) is 17.7 Å². The molecule has 1 atom stereocenters. The summed E-state index contributed by atoms with van der Waals surface area (Å²) in [6.07, 6.45) is -0.476. The molecule has 0 fully saturated rings. The van der Waals surface area contributed by atoms with Crippen molar-refractivity contribution in [1.29, 1.82) is 0 Å². The number of ether oxygens (including phenoxy) is 1. The fraction of sp³-hybridized carbons (Fsp3) is 0.227. The molecule has 0 spiro atoms. The largest absolute Gasteiger partial charge is 0.496 e. The molecule has 7 heteroatoms. The first-order valence-electron chi connectivity index (χ1n) is 9.45. The lowest BCUT2D eigenvalue weighted by molar-refractivity contribution is -0.520. The summed E-state index contributed by atoms with van der Waals surface area (Å²) >= 11 is 0. The second-order valence-electron chi connectivity index (χ2n) is 7.09. The molecule has 0 saturated heterocycles. The van der Waals surface area contributed by atoms with Gasteiger partial charge in [0.1, 0.15) is 11.4 Å². The lowest BCUT2D eigenvalue weighted by Gasteiger charge is -2.24. The minimum Gasteiger partial charge on any atom is -0.496 e. The first kappa shape index (κ1) is 18.7. The first-order chi connectivity index (χ1) is 14.0. The van der Waals surface area contributed by atoms with Crippen LogP contribution in [-0.4, -0.2) is 22.6 Å². The summed E-state index contributed by atoms with van der Waals surface area (Å²) in [5.41, 5.74) is 4.67. The van der Waals surface area contributed by atoms with Gasteiger partial charge in [0.25, 0.3) is 11.5 Å². The fourth-order valence-corrected chi connectivity index (χ4v) is 3.49. The predicted octanol–water partition coefficient (Wildman–Crippen LogP) is 1.70. The third-order valence-electron chi connectivity index (χ3n) is 5.15. The molecule has 1 aromatic heterocycles. The molecule has 4 rings (SSSR count). The van der Waals surface area contributed by atoms with Crippen LogP contribution in [0.2, 0.25) is 0 Å².